The lowest BCUT2D eigenvalue weighted by atomic mass is 10.1. The first-order valence-corrected chi connectivity index (χ1v) is 8.07. The van der Waals surface area contributed by atoms with Gasteiger partial charge in [-0.05, 0) is 30.0 Å². The van der Waals surface area contributed by atoms with Crippen molar-refractivity contribution in [3.05, 3.63) is 29.8 Å². The third-order valence-electron chi connectivity index (χ3n) is 3.19. The number of guanidine groups is 1. The van der Waals surface area contributed by atoms with Crippen LogP contribution in [0.2, 0.25) is 0 Å². The van der Waals surface area contributed by atoms with Crippen LogP contribution in [0.3, 0.4) is 0 Å². The normalized spacial score (nSPS) is 11.9. The number of ether oxygens (including phenoxy) is 2. The van der Waals surface area contributed by atoms with Gasteiger partial charge >= 0.3 is 6.61 Å². The van der Waals surface area contributed by atoms with Crippen molar-refractivity contribution < 1.29 is 18.3 Å². The van der Waals surface area contributed by atoms with Gasteiger partial charge in [-0.1, -0.05) is 26.0 Å². The van der Waals surface area contributed by atoms with Crippen LogP contribution in [0, 0.1) is 5.92 Å². The molecule has 0 saturated carbocycles. The first kappa shape index (κ1) is 20.2. The molecule has 0 spiro atoms. The topological polar surface area (TPSA) is 54.9 Å². The zero-order valence-electron chi connectivity index (χ0n) is 14.5. The van der Waals surface area contributed by atoms with Crippen molar-refractivity contribution in [2.45, 2.75) is 33.4 Å². The minimum atomic E-state index is -2.82. The minimum absolute atomic E-state index is 0.144. The van der Waals surface area contributed by atoms with Gasteiger partial charge in [0.15, 0.2) is 5.96 Å². The van der Waals surface area contributed by atoms with Gasteiger partial charge in [-0.2, -0.15) is 8.78 Å². The molecule has 0 aliphatic rings. The summed E-state index contributed by atoms with van der Waals surface area (Å²) in [5.41, 5.74) is 0.823. The molecule has 0 aliphatic carbocycles. The SMILES string of the molecule is CN=C(NCCOCCC(C)C)NCc1cccc(OC(F)F)c1. The summed E-state index contributed by atoms with van der Waals surface area (Å²) in [5.74, 6) is 1.41. The zero-order valence-corrected chi connectivity index (χ0v) is 14.5. The highest BCUT2D eigenvalue weighted by molar-refractivity contribution is 5.79. The second-order valence-electron chi connectivity index (χ2n) is 5.67. The maximum atomic E-state index is 12.2. The van der Waals surface area contributed by atoms with E-state index in [2.05, 4.69) is 34.2 Å². The number of hydrogen-bond acceptors (Lipinski definition) is 3. The van der Waals surface area contributed by atoms with Gasteiger partial charge in [-0.3, -0.25) is 4.99 Å². The Labute approximate surface area is 142 Å². The fourth-order valence-electron chi connectivity index (χ4n) is 1.90. The molecule has 1 aromatic carbocycles. The molecule has 7 heteroatoms. The van der Waals surface area contributed by atoms with E-state index in [4.69, 9.17) is 4.74 Å². The lowest BCUT2D eigenvalue weighted by molar-refractivity contribution is -0.0498. The molecule has 24 heavy (non-hydrogen) atoms. The molecule has 0 bridgehead atoms. The van der Waals surface area contributed by atoms with Crippen LogP contribution in [0.15, 0.2) is 29.3 Å². The van der Waals surface area contributed by atoms with Gasteiger partial charge in [0.1, 0.15) is 5.75 Å². The number of halogens is 2. The Kier molecular flexibility index (Phi) is 9.76. The van der Waals surface area contributed by atoms with Crippen LogP contribution in [0.25, 0.3) is 0 Å². The second kappa shape index (κ2) is 11.6. The number of benzene rings is 1. The number of hydrogen-bond donors (Lipinski definition) is 2. The average Bonchev–Trinajstić information content (AvgIpc) is 2.53. The van der Waals surface area contributed by atoms with Gasteiger partial charge in [0, 0.05) is 26.7 Å². The molecule has 1 aromatic rings. The van der Waals surface area contributed by atoms with E-state index in [0.717, 1.165) is 18.6 Å². The van der Waals surface area contributed by atoms with Gasteiger partial charge in [-0.15, -0.1) is 0 Å². The molecule has 0 amide bonds. The molecule has 0 unspecified atom stereocenters. The quantitative estimate of drug-likeness (QED) is 0.390. The van der Waals surface area contributed by atoms with Crippen molar-refractivity contribution >= 4 is 5.96 Å². The zero-order chi connectivity index (χ0) is 17.8. The summed E-state index contributed by atoms with van der Waals surface area (Å²) in [6, 6.07) is 6.57. The summed E-state index contributed by atoms with van der Waals surface area (Å²) in [6.45, 7) is 3.95. The predicted octanol–water partition coefficient (Wildman–Crippen LogP) is 3.02. The van der Waals surface area contributed by atoms with E-state index in [9.17, 15) is 8.78 Å². The highest BCUT2D eigenvalue weighted by Crippen LogP contribution is 2.15. The van der Waals surface area contributed by atoms with Crippen LogP contribution in [0.4, 0.5) is 8.78 Å². The fraction of sp³-hybridized carbons (Fsp3) is 0.588. The van der Waals surface area contributed by atoms with Crippen LogP contribution in [-0.2, 0) is 11.3 Å². The lowest BCUT2D eigenvalue weighted by Gasteiger charge is -2.13. The highest BCUT2D eigenvalue weighted by Gasteiger charge is 2.05. The van der Waals surface area contributed by atoms with E-state index in [1.807, 2.05) is 6.07 Å². The van der Waals surface area contributed by atoms with Crippen molar-refractivity contribution in [3.63, 3.8) is 0 Å². The van der Waals surface area contributed by atoms with Gasteiger partial charge in [0.25, 0.3) is 0 Å². The largest absolute Gasteiger partial charge is 0.435 e. The highest BCUT2D eigenvalue weighted by atomic mass is 19.3. The van der Waals surface area contributed by atoms with Crippen LogP contribution >= 0.6 is 0 Å². The van der Waals surface area contributed by atoms with E-state index in [1.165, 1.54) is 6.07 Å². The second-order valence-corrected chi connectivity index (χ2v) is 5.67. The van der Waals surface area contributed by atoms with Crippen molar-refractivity contribution in [2.75, 3.05) is 26.8 Å². The molecule has 0 saturated heterocycles. The third kappa shape index (κ3) is 9.29. The molecule has 0 heterocycles. The van der Waals surface area contributed by atoms with E-state index in [-0.39, 0.29) is 5.75 Å². The summed E-state index contributed by atoms with van der Waals surface area (Å²) in [6.07, 6.45) is 1.05. The maximum absolute atomic E-state index is 12.2. The third-order valence-corrected chi connectivity index (χ3v) is 3.19. The molecule has 136 valence electrons. The maximum Gasteiger partial charge on any atom is 0.387 e. The Hall–Kier alpha value is -1.89. The van der Waals surface area contributed by atoms with Crippen molar-refractivity contribution in [1.82, 2.24) is 10.6 Å². The van der Waals surface area contributed by atoms with Crippen LogP contribution < -0.4 is 15.4 Å². The van der Waals surface area contributed by atoms with Gasteiger partial charge in [0.2, 0.25) is 0 Å². The Morgan fingerprint density at radius 1 is 1.21 bits per heavy atom. The molecule has 0 radical (unpaired) electrons. The minimum Gasteiger partial charge on any atom is -0.435 e. The summed E-state index contributed by atoms with van der Waals surface area (Å²) >= 11 is 0. The number of nitrogens with zero attached hydrogens (tertiary/aromatic N) is 1. The number of alkyl halides is 2. The van der Waals surface area contributed by atoms with Gasteiger partial charge in [-0.25, -0.2) is 0 Å². The summed E-state index contributed by atoms with van der Waals surface area (Å²) in [4.78, 5) is 4.11. The summed E-state index contributed by atoms with van der Waals surface area (Å²) in [7, 11) is 1.67. The average molecular weight is 343 g/mol. The molecular weight excluding hydrogens is 316 g/mol. The summed E-state index contributed by atoms with van der Waals surface area (Å²) in [5, 5.41) is 6.25. The first-order chi connectivity index (χ1) is 11.5. The van der Waals surface area contributed by atoms with Crippen LogP contribution in [0.1, 0.15) is 25.8 Å². The Morgan fingerprint density at radius 3 is 2.67 bits per heavy atom. The molecule has 1 rings (SSSR count). The molecule has 5 nitrogen and oxygen atoms in total. The number of rotatable bonds is 10. The smallest absolute Gasteiger partial charge is 0.387 e. The first-order valence-electron chi connectivity index (χ1n) is 8.07. The molecular formula is C17H27F2N3O2. The molecule has 2 N–H and O–H groups in total. The van der Waals surface area contributed by atoms with E-state index >= 15 is 0 Å². The van der Waals surface area contributed by atoms with Crippen molar-refractivity contribution in [1.29, 1.82) is 0 Å². The molecule has 0 aromatic heterocycles. The van der Waals surface area contributed by atoms with E-state index < -0.39 is 6.61 Å². The van der Waals surface area contributed by atoms with Crippen molar-refractivity contribution in [2.24, 2.45) is 10.9 Å². The number of aliphatic imine (C=N–C) groups is 1. The van der Waals surface area contributed by atoms with Crippen molar-refractivity contribution in [3.8, 4) is 5.75 Å². The molecule has 0 aliphatic heterocycles. The van der Waals surface area contributed by atoms with Gasteiger partial charge in [0.05, 0.1) is 6.61 Å². The lowest BCUT2D eigenvalue weighted by Crippen LogP contribution is -2.38. The van der Waals surface area contributed by atoms with E-state index in [0.29, 0.717) is 31.6 Å². The standard InChI is InChI=1S/C17H27F2N3O2/c1-13(2)7-9-23-10-8-21-17(20-3)22-12-14-5-4-6-15(11-14)24-16(18)19/h4-6,11,13,16H,7-10,12H2,1-3H3,(H2,20,21,22). The Bertz CT molecular complexity index is 496. The van der Waals surface area contributed by atoms with E-state index in [1.54, 1.807) is 19.2 Å². The fourth-order valence-corrected chi connectivity index (χ4v) is 1.90. The Morgan fingerprint density at radius 2 is 2.00 bits per heavy atom. The van der Waals surface area contributed by atoms with Crippen LogP contribution in [-0.4, -0.2) is 39.4 Å². The molecule has 0 fully saturated rings. The monoisotopic (exact) mass is 343 g/mol. The van der Waals surface area contributed by atoms with Crippen LogP contribution in [0.5, 0.6) is 5.75 Å². The number of nitrogens with one attached hydrogen (secondary N) is 2. The Balaban J connectivity index is 2.29. The predicted molar refractivity (Wildman–Crippen MR) is 91.5 cm³/mol. The van der Waals surface area contributed by atoms with Gasteiger partial charge < -0.3 is 20.1 Å². The summed E-state index contributed by atoms with van der Waals surface area (Å²) < 4.78 is 34.3. The molecule has 0 atom stereocenters.